The van der Waals surface area contributed by atoms with Crippen LogP contribution in [0.5, 0.6) is 5.75 Å². The lowest BCUT2D eigenvalue weighted by molar-refractivity contribution is -0.125. The molecule has 1 fully saturated rings. The predicted molar refractivity (Wildman–Crippen MR) is 113 cm³/mol. The number of amides is 3. The SMILES string of the molecule is COc1ccc(CNC(=O)CN2C(=O)C3CCCN3C(=O)c3cc(Cl)ccc32)cc1. The standard InChI is InChI=1S/C22H22ClN3O4/c1-30-16-7-4-14(5-8-16)12-24-20(27)13-26-18-9-6-15(23)11-17(18)21(28)25-10-2-3-19(25)22(26)29/h4-9,11,19H,2-3,10,12-13H2,1H3,(H,24,27). The van der Waals surface area contributed by atoms with Crippen molar-refractivity contribution in [2.75, 3.05) is 25.1 Å². The van der Waals surface area contributed by atoms with Gasteiger partial charge in [0.15, 0.2) is 0 Å². The summed E-state index contributed by atoms with van der Waals surface area (Å²) in [6, 6.07) is 11.6. The lowest BCUT2D eigenvalue weighted by Gasteiger charge is -2.25. The molecule has 3 amide bonds. The zero-order valence-corrected chi connectivity index (χ0v) is 17.3. The first-order valence-corrected chi connectivity index (χ1v) is 10.2. The van der Waals surface area contributed by atoms with Gasteiger partial charge < -0.3 is 19.9 Å². The Morgan fingerprint density at radius 3 is 2.70 bits per heavy atom. The van der Waals surface area contributed by atoms with Gasteiger partial charge in [-0.25, -0.2) is 0 Å². The minimum atomic E-state index is -0.543. The molecule has 0 bridgehead atoms. The van der Waals surface area contributed by atoms with Crippen LogP contribution in [-0.2, 0) is 16.1 Å². The molecule has 2 heterocycles. The van der Waals surface area contributed by atoms with Gasteiger partial charge in [0.1, 0.15) is 18.3 Å². The Labute approximate surface area is 179 Å². The quantitative estimate of drug-likeness (QED) is 0.795. The summed E-state index contributed by atoms with van der Waals surface area (Å²) in [6.45, 7) is 0.687. The lowest BCUT2D eigenvalue weighted by Crippen LogP contribution is -2.48. The summed E-state index contributed by atoms with van der Waals surface area (Å²) in [5.74, 6) is -0.0220. The Morgan fingerprint density at radius 1 is 1.20 bits per heavy atom. The Balaban J connectivity index is 1.54. The fraction of sp³-hybridized carbons (Fsp3) is 0.318. The van der Waals surface area contributed by atoms with E-state index in [1.807, 2.05) is 24.3 Å². The number of nitrogens with one attached hydrogen (secondary N) is 1. The highest BCUT2D eigenvalue weighted by atomic mass is 35.5. The van der Waals surface area contributed by atoms with Crippen molar-refractivity contribution >= 4 is 35.0 Å². The number of fused-ring (bicyclic) bond motifs is 2. The highest BCUT2D eigenvalue weighted by molar-refractivity contribution is 6.31. The second kappa shape index (κ2) is 8.36. The molecular weight excluding hydrogens is 406 g/mol. The second-order valence-electron chi connectivity index (χ2n) is 7.37. The van der Waals surface area contributed by atoms with E-state index in [-0.39, 0.29) is 24.3 Å². The third kappa shape index (κ3) is 3.85. The fourth-order valence-electron chi connectivity index (χ4n) is 3.94. The summed E-state index contributed by atoms with van der Waals surface area (Å²) in [5.41, 5.74) is 1.68. The van der Waals surface area contributed by atoms with Gasteiger partial charge in [0.25, 0.3) is 5.91 Å². The molecule has 4 rings (SSSR count). The van der Waals surface area contributed by atoms with Gasteiger partial charge in [-0.2, -0.15) is 0 Å². The van der Waals surface area contributed by atoms with Crippen molar-refractivity contribution in [2.24, 2.45) is 0 Å². The summed E-state index contributed by atoms with van der Waals surface area (Å²) in [7, 11) is 1.59. The first kappa shape index (κ1) is 20.2. The van der Waals surface area contributed by atoms with Crippen LogP contribution in [0.15, 0.2) is 42.5 Å². The number of hydrogen-bond acceptors (Lipinski definition) is 4. The number of carbonyl (C=O) groups excluding carboxylic acids is 3. The third-order valence-corrected chi connectivity index (χ3v) is 5.73. The van der Waals surface area contributed by atoms with Crippen molar-refractivity contribution in [2.45, 2.75) is 25.4 Å². The second-order valence-corrected chi connectivity index (χ2v) is 7.80. The maximum atomic E-state index is 13.2. The molecule has 7 nitrogen and oxygen atoms in total. The highest BCUT2D eigenvalue weighted by Gasteiger charge is 2.42. The minimum Gasteiger partial charge on any atom is -0.497 e. The maximum absolute atomic E-state index is 13.2. The van der Waals surface area contributed by atoms with Gasteiger partial charge in [-0.3, -0.25) is 14.4 Å². The molecule has 2 aromatic rings. The molecule has 0 aliphatic carbocycles. The highest BCUT2D eigenvalue weighted by Crippen LogP contribution is 2.33. The Hall–Kier alpha value is -3.06. The average Bonchev–Trinajstić information content (AvgIpc) is 3.23. The van der Waals surface area contributed by atoms with Crippen LogP contribution in [0.25, 0.3) is 0 Å². The van der Waals surface area contributed by atoms with E-state index in [2.05, 4.69) is 5.32 Å². The zero-order valence-electron chi connectivity index (χ0n) is 16.6. The number of anilines is 1. The van der Waals surface area contributed by atoms with E-state index in [1.54, 1.807) is 30.2 Å². The van der Waals surface area contributed by atoms with Gasteiger partial charge in [0.2, 0.25) is 11.8 Å². The molecule has 2 aliphatic heterocycles. The first-order chi connectivity index (χ1) is 14.5. The van der Waals surface area contributed by atoms with E-state index in [4.69, 9.17) is 16.3 Å². The molecular formula is C22H22ClN3O4. The molecule has 8 heteroatoms. The Bertz CT molecular complexity index is 992. The van der Waals surface area contributed by atoms with Gasteiger partial charge in [-0.1, -0.05) is 23.7 Å². The van der Waals surface area contributed by atoms with Crippen LogP contribution in [0.3, 0.4) is 0 Å². The van der Waals surface area contributed by atoms with Crippen molar-refractivity contribution in [3.8, 4) is 5.75 Å². The van der Waals surface area contributed by atoms with Crippen LogP contribution < -0.4 is 15.0 Å². The zero-order chi connectivity index (χ0) is 21.3. The molecule has 1 saturated heterocycles. The molecule has 156 valence electrons. The van der Waals surface area contributed by atoms with Crippen LogP contribution in [0.4, 0.5) is 5.69 Å². The van der Waals surface area contributed by atoms with E-state index < -0.39 is 6.04 Å². The first-order valence-electron chi connectivity index (χ1n) is 9.79. The third-order valence-electron chi connectivity index (χ3n) is 5.50. The van der Waals surface area contributed by atoms with Gasteiger partial charge in [-0.15, -0.1) is 0 Å². The molecule has 0 aromatic heterocycles. The summed E-state index contributed by atoms with van der Waals surface area (Å²) < 4.78 is 5.13. The monoisotopic (exact) mass is 427 g/mol. The number of benzene rings is 2. The van der Waals surface area contributed by atoms with Crippen molar-refractivity contribution in [1.82, 2.24) is 10.2 Å². The van der Waals surface area contributed by atoms with E-state index in [9.17, 15) is 14.4 Å². The van der Waals surface area contributed by atoms with Gasteiger partial charge >= 0.3 is 0 Å². The van der Waals surface area contributed by atoms with Crippen LogP contribution in [0.2, 0.25) is 5.02 Å². The number of halogens is 1. The summed E-state index contributed by atoms with van der Waals surface area (Å²) >= 11 is 6.10. The topological polar surface area (TPSA) is 79.0 Å². The Morgan fingerprint density at radius 2 is 1.97 bits per heavy atom. The summed E-state index contributed by atoms with van der Waals surface area (Å²) in [4.78, 5) is 41.9. The molecule has 2 aromatic carbocycles. The minimum absolute atomic E-state index is 0.165. The molecule has 1 N–H and O–H groups in total. The molecule has 1 atom stereocenters. The van der Waals surface area contributed by atoms with Crippen molar-refractivity contribution in [3.63, 3.8) is 0 Å². The molecule has 1 unspecified atom stereocenters. The smallest absolute Gasteiger partial charge is 0.256 e. The van der Waals surface area contributed by atoms with Gasteiger partial charge in [0.05, 0.1) is 18.4 Å². The number of methoxy groups -OCH3 is 1. The summed E-state index contributed by atoms with van der Waals surface area (Å²) in [5, 5.41) is 3.25. The number of carbonyl (C=O) groups is 3. The van der Waals surface area contributed by atoms with Crippen LogP contribution in [0, 0.1) is 0 Å². The maximum Gasteiger partial charge on any atom is 0.256 e. The molecule has 30 heavy (non-hydrogen) atoms. The molecule has 0 spiro atoms. The van der Waals surface area contributed by atoms with E-state index >= 15 is 0 Å². The van der Waals surface area contributed by atoms with Crippen LogP contribution >= 0.6 is 11.6 Å². The van der Waals surface area contributed by atoms with Gasteiger partial charge in [-0.05, 0) is 48.7 Å². The van der Waals surface area contributed by atoms with Crippen LogP contribution in [0.1, 0.15) is 28.8 Å². The van der Waals surface area contributed by atoms with E-state index in [0.717, 1.165) is 17.7 Å². The number of ether oxygens (including phenoxy) is 1. The van der Waals surface area contributed by atoms with Gasteiger partial charge in [0, 0.05) is 18.1 Å². The Kier molecular flexibility index (Phi) is 5.63. The molecule has 2 aliphatic rings. The van der Waals surface area contributed by atoms with Crippen molar-refractivity contribution in [3.05, 3.63) is 58.6 Å². The summed E-state index contributed by atoms with van der Waals surface area (Å²) in [6.07, 6.45) is 1.35. The largest absolute Gasteiger partial charge is 0.497 e. The number of nitrogens with zero attached hydrogens (tertiary/aromatic N) is 2. The normalized spacial score (nSPS) is 18.0. The van der Waals surface area contributed by atoms with Crippen LogP contribution in [-0.4, -0.2) is 48.9 Å². The number of hydrogen-bond donors (Lipinski definition) is 1. The average molecular weight is 428 g/mol. The van der Waals surface area contributed by atoms with E-state index in [0.29, 0.717) is 35.8 Å². The fourth-order valence-corrected chi connectivity index (χ4v) is 4.11. The molecule has 0 saturated carbocycles. The molecule has 0 radical (unpaired) electrons. The van der Waals surface area contributed by atoms with E-state index in [1.165, 1.54) is 4.90 Å². The predicted octanol–water partition coefficient (Wildman–Crippen LogP) is 2.62. The van der Waals surface area contributed by atoms with Crippen molar-refractivity contribution < 1.29 is 19.1 Å². The van der Waals surface area contributed by atoms with Crippen molar-refractivity contribution in [1.29, 1.82) is 0 Å². The lowest BCUT2D eigenvalue weighted by atomic mass is 10.1. The number of rotatable bonds is 5.